The van der Waals surface area contributed by atoms with E-state index in [1.807, 2.05) is 0 Å². The number of hydrogen-bond acceptors (Lipinski definition) is 3. The number of hydrogen-bond donors (Lipinski definition) is 3. The maximum atomic E-state index is 12.4. The van der Waals surface area contributed by atoms with Gasteiger partial charge in [-0.25, -0.2) is 0 Å². The van der Waals surface area contributed by atoms with Crippen molar-refractivity contribution in [2.45, 2.75) is 296 Å². The highest BCUT2D eigenvalue weighted by Crippen LogP contribution is 2.17. The van der Waals surface area contributed by atoms with E-state index in [2.05, 4.69) is 19.2 Å². The Bertz CT molecular complexity index is 670. The lowest BCUT2D eigenvalue weighted by Gasteiger charge is -2.22. The molecule has 1 amide bonds. The molecule has 0 spiro atoms. The molecule has 52 heavy (non-hydrogen) atoms. The molecule has 3 N–H and O–H groups in total. The molecule has 0 fully saturated rings. The summed E-state index contributed by atoms with van der Waals surface area (Å²) in [4.78, 5) is 12.4. The molecule has 0 aliphatic heterocycles. The number of carbonyl (C=O) groups is 1. The molecule has 4 nitrogen and oxygen atoms in total. The van der Waals surface area contributed by atoms with Crippen molar-refractivity contribution in [2.24, 2.45) is 0 Å². The van der Waals surface area contributed by atoms with Crippen LogP contribution >= 0.6 is 0 Å². The van der Waals surface area contributed by atoms with Gasteiger partial charge in [-0.05, 0) is 12.8 Å². The van der Waals surface area contributed by atoms with Gasteiger partial charge in [0.05, 0.1) is 18.8 Å². The van der Waals surface area contributed by atoms with Crippen molar-refractivity contribution < 1.29 is 15.0 Å². The van der Waals surface area contributed by atoms with Crippen LogP contribution in [0.25, 0.3) is 0 Å². The summed E-state index contributed by atoms with van der Waals surface area (Å²) in [5.41, 5.74) is 0. The Hall–Kier alpha value is -0.610. The van der Waals surface area contributed by atoms with Crippen molar-refractivity contribution in [3.8, 4) is 0 Å². The van der Waals surface area contributed by atoms with E-state index in [9.17, 15) is 15.0 Å². The number of nitrogens with one attached hydrogen (secondary N) is 1. The summed E-state index contributed by atoms with van der Waals surface area (Å²) in [7, 11) is 0. The van der Waals surface area contributed by atoms with Crippen molar-refractivity contribution in [3.05, 3.63) is 0 Å². The lowest BCUT2D eigenvalue weighted by atomic mass is 10.0. The maximum Gasteiger partial charge on any atom is 0.220 e. The lowest BCUT2D eigenvalue weighted by Crippen LogP contribution is -2.45. The molecule has 0 bridgehead atoms. The quantitative estimate of drug-likeness (QED) is 0.0545. The fraction of sp³-hybridized carbons (Fsp3) is 0.979. The first kappa shape index (κ1) is 51.4. The molecular formula is C48H97NO3. The van der Waals surface area contributed by atoms with E-state index < -0.39 is 12.1 Å². The molecule has 0 aliphatic rings. The largest absolute Gasteiger partial charge is 0.394 e. The van der Waals surface area contributed by atoms with Crippen LogP contribution in [0.3, 0.4) is 0 Å². The highest BCUT2D eigenvalue weighted by Gasteiger charge is 2.20. The number of carbonyl (C=O) groups excluding carboxylic acids is 1. The summed E-state index contributed by atoms with van der Waals surface area (Å²) >= 11 is 0. The van der Waals surface area contributed by atoms with Gasteiger partial charge < -0.3 is 15.5 Å². The fourth-order valence-electron chi connectivity index (χ4n) is 7.89. The van der Waals surface area contributed by atoms with Gasteiger partial charge in [-0.1, -0.05) is 264 Å². The smallest absolute Gasteiger partial charge is 0.220 e. The van der Waals surface area contributed by atoms with Crippen LogP contribution in [0.5, 0.6) is 0 Å². The predicted octanol–water partition coefficient (Wildman–Crippen LogP) is 15.2. The van der Waals surface area contributed by atoms with Gasteiger partial charge in [0.25, 0.3) is 0 Å². The van der Waals surface area contributed by atoms with E-state index in [-0.39, 0.29) is 12.5 Å². The topological polar surface area (TPSA) is 69.6 Å². The Morgan fingerprint density at radius 3 is 0.865 bits per heavy atom. The summed E-state index contributed by atoms with van der Waals surface area (Å²) in [5.74, 6) is -0.0242. The van der Waals surface area contributed by atoms with Crippen molar-refractivity contribution >= 4 is 5.91 Å². The summed E-state index contributed by atoms with van der Waals surface area (Å²) < 4.78 is 0. The molecule has 4 heteroatoms. The Kier molecular flexibility index (Phi) is 44.3. The normalized spacial score (nSPS) is 12.8. The number of amides is 1. The minimum absolute atomic E-state index is 0.0242. The minimum atomic E-state index is -0.653. The van der Waals surface area contributed by atoms with Crippen molar-refractivity contribution in [3.63, 3.8) is 0 Å². The van der Waals surface area contributed by atoms with Gasteiger partial charge in [0.1, 0.15) is 0 Å². The van der Waals surface area contributed by atoms with E-state index in [0.717, 1.165) is 25.7 Å². The van der Waals surface area contributed by atoms with Crippen LogP contribution in [-0.4, -0.2) is 34.9 Å². The van der Waals surface area contributed by atoms with Crippen LogP contribution < -0.4 is 5.32 Å². The van der Waals surface area contributed by atoms with Crippen molar-refractivity contribution in [1.29, 1.82) is 0 Å². The van der Waals surface area contributed by atoms with Gasteiger partial charge in [-0.2, -0.15) is 0 Å². The molecular weight excluding hydrogens is 639 g/mol. The third-order valence-corrected chi connectivity index (χ3v) is 11.6. The zero-order valence-corrected chi connectivity index (χ0v) is 35.9. The van der Waals surface area contributed by atoms with Gasteiger partial charge in [-0.3, -0.25) is 4.79 Å². The highest BCUT2D eigenvalue weighted by molar-refractivity contribution is 5.76. The predicted molar refractivity (Wildman–Crippen MR) is 230 cm³/mol. The van der Waals surface area contributed by atoms with Crippen LogP contribution in [-0.2, 0) is 4.79 Å². The summed E-state index contributed by atoms with van der Waals surface area (Å²) in [6, 6.07) is -0.529. The van der Waals surface area contributed by atoms with E-state index >= 15 is 0 Å². The van der Waals surface area contributed by atoms with Crippen LogP contribution in [0.1, 0.15) is 284 Å². The summed E-state index contributed by atoms with van der Waals surface area (Å²) in [6.45, 7) is 4.39. The molecule has 312 valence electrons. The molecule has 0 aliphatic carbocycles. The van der Waals surface area contributed by atoms with E-state index in [1.165, 1.54) is 231 Å². The molecule has 2 atom stereocenters. The molecule has 0 unspecified atom stereocenters. The fourth-order valence-corrected chi connectivity index (χ4v) is 7.89. The van der Waals surface area contributed by atoms with E-state index in [1.54, 1.807) is 0 Å². The highest BCUT2D eigenvalue weighted by atomic mass is 16.3. The molecule has 0 saturated carbocycles. The third-order valence-electron chi connectivity index (χ3n) is 11.6. The molecule has 0 rings (SSSR count). The van der Waals surface area contributed by atoms with Crippen molar-refractivity contribution in [1.82, 2.24) is 5.32 Å². The molecule has 0 aromatic carbocycles. The second-order valence-corrected chi connectivity index (χ2v) is 16.9. The second-order valence-electron chi connectivity index (χ2n) is 16.9. The molecule has 0 radical (unpaired) electrons. The Balaban J connectivity index is 3.42. The summed E-state index contributed by atoms with van der Waals surface area (Å²) in [6.07, 6.45) is 54.8. The Morgan fingerprint density at radius 2 is 0.615 bits per heavy atom. The van der Waals surface area contributed by atoms with Gasteiger partial charge in [0.2, 0.25) is 5.91 Å². The first-order valence-electron chi connectivity index (χ1n) is 24.2. The first-order chi connectivity index (χ1) is 25.7. The number of aliphatic hydroxyl groups is 2. The molecule has 0 heterocycles. The average molecular weight is 736 g/mol. The zero-order chi connectivity index (χ0) is 37.8. The number of aliphatic hydroxyl groups excluding tert-OH is 2. The van der Waals surface area contributed by atoms with Crippen LogP contribution in [0.2, 0.25) is 0 Å². The van der Waals surface area contributed by atoms with Crippen molar-refractivity contribution in [2.75, 3.05) is 6.61 Å². The standard InChI is InChI=1S/C48H97NO3/c1-3-5-7-9-11-13-15-17-19-21-22-23-24-25-26-27-28-30-32-34-36-38-40-42-44-48(52)49-46(45-50)47(51)43-41-39-37-35-33-31-29-20-18-16-14-12-10-8-6-4-2/h46-47,50-51H,3-45H2,1-2H3,(H,49,52)/t46-,47+/m0/s1. The van der Waals surface area contributed by atoms with Gasteiger partial charge in [0, 0.05) is 6.42 Å². The molecule has 0 aromatic heterocycles. The minimum Gasteiger partial charge on any atom is -0.394 e. The zero-order valence-electron chi connectivity index (χ0n) is 35.9. The van der Waals surface area contributed by atoms with Crippen LogP contribution in [0.15, 0.2) is 0 Å². The van der Waals surface area contributed by atoms with Gasteiger partial charge in [0.15, 0.2) is 0 Å². The van der Waals surface area contributed by atoms with Crippen LogP contribution in [0, 0.1) is 0 Å². The van der Waals surface area contributed by atoms with E-state index in [4.69, 9.17) is 0 Å². The Morgan fingerprint density at radius 1 is 0.385 bits per heavy atom. The number of unbranched alkanes of at least 4 members (excludes halogenated alkanes) is 38. The SMILES string of the molecule is CCCCCCCCCCCCCCCCCCCCCCCCCCC(=O)N[C@@H](CO)[C@H](O)CCCCCCCCCCCCCCCCCC. The second kappa shape index (κ2) is 44.8. The lowest BCUT2D eigenvalue weighted by molar-refractivity contribution is -0.123. The first-order valence-corrected chi connectivity index (χ1v) is 24.2. The van der Waals surface area contributed by atoms with E-state index in [0.29, 0.717) is 12.8 Å². The van der Waals surface area contributed by atoms with Gasteiger partial charge in [-0.15, -0.1) is 0 Å². The van der Waals surface area contributed by atoms with Gasteiger partial charge >= 0.3 is 0 Å². The number of rotatable bonds is 45. The average Bonchev–Trinajstić information content (AvgIpc) is 3.15. The molecule has 0 aromatic rings. The monoisotopic (exact) mass is 736 g/mol. The maximum absolute atomic E-state index is 12.4. The Labute approximate surface area is 327 Å². The molecule has 0 saturated heterocycles. The third kappa shape index (κ3) is 40.6. The summed E-state index contributed by atoms with van der Waals surface area (Å²) in [5, 5.41) is 23.2. The van der Waals surface area contributed by atoms with Crippen LogP contribution in [0.4, 0.5) is 0 Å².